The number of rotatable bonds is 3. The van der Waals surface area contributed by atoms with Gasteiger partial charge in [-0.15, -0.1) is 5.10 Å². The van der Waals surface area contributed by atoms with E-state index in [0.717, 1.165) is 31.4 Å². The Hall–Kier alpha value is -2.21. The number of para-hydroxylation sites is 1. The molecule has 21 heavy (non-hydrogen) atoms. The molecule has 1 saturated carbocycles. The molecular formula is C15H18N4O2. The molecule has 0 aliphatic heterocycles. The van der Waals surface area contributed by atoms with Crippen LogP contribution in [0.5, 0.6) is 0 Å². The largest absolute Gasteiger partial charge is 0.391 e. The molecule has 0 radical (unpaired) electrons. The molecule has 2 N–H and O–H groups in total. The van der Waals surface area contributed by atoms with Gasteiger partial charge in [-0.2, -0.15) is 0 Å². The fourth-order valence-electron chi connectivity index (χ4n) is 2.60. The topological polar surface area (TPSA) is 80.0 Å². The zero-order valence-corrected chi connectivity index (χ0v) is 11.6. The van der Waals surface area contributed by atoms with Crippen LogP contribution in [0.15, 0.2) is 36.5 Å². The van der Waals surface area contributed by atoms with E-state index in [1.54, 1.807) is 10.9 Å². The van der Waals surface area contributed by atoms with Crippen molar-refractivity contribution >= 4 is 5.91 Å². The van der Waals surface area contributed by atoms with Crippen LogP contribution in [0.4, 0.5) is 0 Å². The summed E-state index contributed by atoms with van der Waals surface area (Å²) in [5.41, 5.74) is 1.11. The number of amides is 1. The Balaban J connectivity index is 1.69. The van der Waals surface area contributed by atoms with Crippen LogP contribution in [0.25, 0.3) is 5.69 Å². The second kappa shape index (κ2) is 6.05. The highest BCUT2D eigenvalue weighted by molar-refractivity contribution is 5.92. The van der Waals surface area contributed by atoms with E-state index in [2.05, 4.69) is 15.6 Å². The number of hydrogen-bond donors (Lipinski definition) is 2. The van der Waals surface area contributed by atoms with Crippen LogP contribution in [-0.2, 0) is 0 Å². The van der Waals surface area contributed by atoms with E-state index in [0.29, 0.717) is 0 Å². The Morgan fingerprint density at radius 2 is 2.00 bits per heavy atom. The van der Waals surface area contributed by atoms with Gasteiger partial charge in [0, 0.05) is 0 Å². The minimum absolute atomic E-state index is 0.187. The molecule has 1 fully saturated rings. The van der Waals surface area contributed by atoms with Gasteiger partial charge in [0.15, 0.2) is 5.69 Å². The number of nitrogens with one attached hydrogen (secondary N) is 1. The second-order valence-electron chi connectivity index (χ2n) is 5.32. The standard InChI is InChI=1S/C15H18N4O2/c20-14-9-5-4-8-12(14)16-15(21)13-10-19(18-17-13)11-6-2-1-3-7-11/h1-3,6-7,10,12,14,20H,4-5,8-9H2,(H,16,21)/t12-,14-/m1/s1. The number of aliphatic hydroxyl groups is 1. The van der Waals surface area contributed by atoms with Gasteiger partial charge < -0.3 is 10.4 Å². The number of nitrogens with zero attached hydrogens (tertiary/aromatic N) is 3. The zero-order valence-electron chi connectivity index (χ0n) is 11.6. The third-order valence-electron chi connectivity index (χ3n) is 3.79. The van der Waals surface area contributed by atoms with Gasteiger partial charge in [-0.3, -0.25) is 4.79 Å². The zero-order chi connectivity index (χ0) is 14.7. The molecule has 2 atom stereocenters. The van der Waals surface area contributed by atoms with Crippen LogP contribution in [0.2, 0.25) is 0 Å². The predicted molar refractivity (Wildman–Crippen MR) is 77.1 cm³/mol. The molecule has 3 rings (SSSR count). The van der Waals surface area contributed by atoms with Crippen molar-refractivity contribution in [2.45, 2.75) is 37.8 Å². The number of hydrogen-bond acceptors (Lipinski definition) is 4. The van der Waals surface area contributed by atoms with Crippen molar-refractivity contribution in [3.05, 3.63) is 42.2 Å². The minimum Gasteiger partial charge on any atom is -0.391 e. The molecule has 2 aromatic rings. The van der Waals surface area contributed by atoms with Crippen molar-refractivity contribution in [2.24, 2.45) is 0 Å². The SMILES string of the molecule is O=C(N[C@@H]1CCCC[C@H]1O)c1cn(-c2ccccc2)nn1. The first-order valence-electron chi connectivity index (χ1n) is 7.21. The summed E-state index contributed by atoms with van der Waals surface area (Å²) in [5.74, 6) is -0.289. The summed E-state index contributed by atoms with van der Waals surface area (Å²) in [5, 5.41) is 20.6. The molecular weight excluding hydrogens is 268 g/mol. The van der Waals surface area contributed by atoms with Crippen molar-refractivity contribution in [1.82, 2.24) is 20.3 Å². The Labute approximate surface area is 122 Å². The van der Waals surface area contributed by atoms with Crippen molar-refractivity contribution in [1.29, 1.82) is 0 Å². The first-order valence-corrected chi connectivity index (χ1v) is 7.21. The summed E-state index contributed by atoms with van der Waals surface area (Å²) in [7, 11) is 0. The molecule has 0 bridgehead atoms. The average molecular weight is 286 g/mol. The number of benzene rings is 1. The molecule has 0 unspecified atom stereocenters. The molecule has 110 valence electrons. The normalized spacial score (nSPS) is 22.0. The summed E-state index contributed by atoms with van der Waals surface area (Å²) < 4.78 is 1.56. The first kappa shape index (κ1) is 13.8. The molecule has 0 saturated heterocycles. The molecule has 1 heterocycles. The predicted octanol–water partition coefficient (Wildman–Crippen LogP) is 1.30. The molecule has 6 heteroatoms. The van der Waals surface area contributed by atoms with Crippen LogP contribution >= 0.6 is 0 Å². The maximum Gasteiger partial charge on any atom is 0.273 e. The highest BCUT2D eigenvalue weighted by atomic mass is 16.3. The molecule has 1 aromatic heterocycles. The van der Waals surface area contributed by atoms with E-state index in [-0.39, 0.29) is 17.6 Å². The second-order valence-corrected chi connectivity index (χ2v) is 5.32. The summed E-state index contributed by atoms with van der Waals surface area (Å²) in [6.45, 7) is 0. The van der Waals surface area contributed by atoms with E-state index in [9.17, 15) is 9.90 Å². The lowest BCUT2D eigenvalue weighted by Gasteiger charge is -2.27. The molecule has 1 aliphatic carbocycles. The van der Waals surface area contributed by atoms with E-state index in [1.165, 1.54) is 0 Å². The van der Waals surface area contributed by atoms with Crippen LogP contribution in [-0.4, -0.2) is 38.2 Å². The van der Waals surface area contributed by atoms with Crippen molar-refractivity contribution in [3.63, 3.8) is 0 Å². The lowest BCUT2D eigenvalue weighted by Crippen LogP contribution is -2.45. The maximum absolute atomic E-state index is 12.2. The number of carbonyl (C=O) groups is 1. The van der Waals surface area contributed by atoms with Gasteiger partial charge in [0.05, 0.1) is 24.0 Å². The van der Waals surface area contributed by atoms with E-state index in [1.807, 2.05) is 30.3 Å². The molecule has 6 nitrogen and oxygen atoms in total. The number of carbonyl (C=O) groups excluding carboxylic acids is 1. The number of aromatic nitrogens is 3. The third kappa shape index (κ3) is 3.11. The van der Waals surface area contributed by atoms with Crippen LogP contribution in [0.1, 0.15) is 36.2 Å². The maximum atomic E-state index is 12.2. The van der Waals surface area contributed by atoms with Gasteiger partial charge in [-0.1, -0.05) is 36.3 Å². The van der Waals surface area contributed by atoms with Gasteiger partial charge in [0.25, 0.3) is 5.91 Å². The van der Waals surface area contributed by atoms with Gasteiger partial charge >= 0.3 is 0 Å². The molecule has 0 spiro atoms. The summed E-state index contributed by atoms with van der Waals surface area (Å²) >= 11 is 0. The van der Waals surface area contributed by atoms with Gasteiger partial charge in [0.2, 0.25) is 0 Å². The Morgan fingerprint density at radius 3 is 2.76 bits per heavy atom. The average Bonchev–Trinajstić information content (AvgIpc) is 3.00. The Morgan fingerprint density at radius 1 is 1.24 bits per heavy atom. The monoisotopic (exact) mass is 286 g/mol. The van der Waals surface area contributed by atoms with E-state index >= 15 is 0 Å². The summed E-state index contributed by atoms with van der Waals surface area (Å²) in [6, 6.07) is 9.30. The minimum atomic E-state index is -0.466. The van der Waals surface area contributed by atoms with Gasteiger partial charge in [-0.05, 0) is 25.0 Å². The van der Waals surface area contributed by atoms with Crippen molar-refractivity contribution < 1.29 is 9.90 Å². The summed E-state index contributed by atoms with van der Waals surface area (Å²) in [4.78, 5) is 12.2. The van der Waals surface area contributed by atoms with Crippen LogP contribution in [0.3, 0.4) is 0 Å². The van der Waals surface area contributed by atoms with Gasteiger partial charge in [-0.25, -0.2) is 4.68 Å². The quantitative estimate of drug-likeness (QED) is 0.891. The smallest absolute Gasteiger partial charge is 0.273 e. The Bertz CT molecular complexity index is 611. The van der Waals surface area contributed by atoms with Crippen molar-refractivity contribution in [3.8, 4) is 5.69 Å². The van der Waals surface area contributed by atoms with E-state index in [4.69, 9.17) is 0 Å². The first-order chi connectivity index (χ1) is 10.2. The lowest BCUT2D eigenvalue weighted by atomic mass is 9.92. The fourth-order valence-corrected chi connectivity index (χ4v) is 2.60. The third-order valence-corrected chi connectivity index (χ3v) is 3.79. The number of aliphatic hydroxyl groups excluding tert-OH is 1. The Kier molecular flexibility index (Phi) is 3.96. The van der Waals surface area contributed by atoms with E-state index < -0.39 is 6.10 Å². The highest BCUT2D eigenvalue weighted by Gasteiger charge is 2.25. The molecule has 1 aromatic carbocycles. The lowest BCUT2D eigenvalue weighted by molar-refractivity contribution is 0.0713. The molecule has 1 aliphatic rings. The highest BCUT2D eigenvalue weighted by Crippen LogP contribution is 2.18. The van der Waals surface area contributed by atoms with Gasteiger partial charge in [0.1, 0.15) is 0 Å². The van der Waals surface area contributed by atoms with Crippen LogP contribution < -0.4 is 5.32 Å². The fraction of sp³-hybridized carbons (Fsp3) is 0.400. The summed E-state index contributed by atoms with van der Waals surface area (Å²) in [6.07, 6.45) is 4.71. The van der Waals surface area contributed by atoms with Crippen LogP contribution in [0, 0.1) is 0 Å². The molecule has 1 amide bonds. The van der Waals surface area contributed by atoms with Crippen molar-refractivity contribution in [2.75, 3.05) is 0 Å².